The minimum atomic E-state index is 0.600. The molecule has 0 amide bonds. The quantitative estimate of drug-likeness (QED) is 0.846. The molecule has 1 fully saturated rings. The van der Waals surface area contributed by atoms with Crippen LogP contribution in [-0.2, 0) is 0 Å². The average Bonchev–Trinajstić information content (AvgIpc) is 2.86. The largest absolute Gasteiger partial charge is 0.370 e. The van der Waals surface area contributed by atoms with Gasteiger partial charge in [0.05, 0.1) is 0 Å². The van der Waals surface area contributed by atoms with Gasteiger partial charge in [-0.15, -0.1) is 0 Å². The molecule has 1 unspecified atom stereocenters. The van der Waals surface area contributed by atoms with Crippen LogP contribution < -0.4 is 10.6 Å². The highest BCUT2D eigenvalue weighted by Gasteiger charge is 2.12. The minimum absolute atomic E-state index is 0.600. The monoisotopic (exact) mass is 230 g/mol. The molecule has 0 aliphatic carbocycles. The molecule has 1 aliphatic heterocycles. The van der Waals surface area contributed by atoms with E-state index in [4.69, 9.17) is 0 Å². The second kappa shape index (κ2) is 4.75. The summed E-state index contributed by atoms with van der Waals surface area (Å²) in [5.74, 6) is 1.12. The van der Waals surface area contributed by atoms with E-state index < -0.39 is 0 Å². The minimum Gasteiger partial charge on any atom is -0.370 e. The Bertz CT molecular complexity index is 485. The lowest BCUT2D eigenvalue weighted by Gasteiger charge is -2.24. The van der Waals surface area contributed by atoms with Crippen LogP contribution in [0.2, 0.25) is 0 Å². The number of hydrogen-bond donors (Lipinski definition) is 2. The maximum Gasteiger partial charge on any atom is 0.138 e. The van der Waals surface area contributed by atoms with Crippen LogP contribution in [0.5, 0.6) is 0 Å². The standard InChI is InChI=1S/C13H18N4/c1-2-7-14-11(4-1)10-16-13-6-3-5-12-15-8-9-17(12)13/h3,5-6,8-9,11,14,16H,1-2,4,7,10H2. The molecule has 90 valence electrons. The van der Waals surface area contributed by atoms with E-state index in [1.54, 1.807) is 0 Å². The van der Waals surface area contributed by atoms with Crippen LogP contribution in [0.15, 0.2) is 30.6 Å². The fourth-order valence-corrected chi connectivity index (χ4v) is 2.42. The molecule has 4 heteroatoms. The zero-order valence-corrected chi connectivity index (χ0v) is 9.89. The van der Waals surface area contributed by atoms with Gasteiger partial charge in [0.15, 0.2) is 0 Å². The first-order valence-corrected chi connectivity index (χ1v) is 6.33. The van der Waals surface area contributed by atoms with E-state index >= 15 is 0 Å². The third-order valence-electron chi connectivity index (χ3n) is 3.37. The zero-order chi connectivity index (χ0) is 11.5. The smallest absolute Gasteiger partial charge is 0.138 e. The van der Waals surface area contributed by atoms with Crippen LogP contribution in [0, 0.1) is 0 Å². The SMILES string of the molecule is c1cc(NCC2CCCCN2)n2ccnc2c1. The van der Waals surface area contributed by atoms with Crippen LogP contribution in [-0.4, -0.2) is 28.5 Å². The highest BCUT2D eigenvalue weighted by atomic mass is 15.1. The van der Waals surface area contributed by atoms with Crippen molar-refractivity contribution in [2.24, 2.45) is 0 Å². The Hall–Kier alpha value is -1.55. The molecule has 2 aromatic heterocycles. The number of anilines is 1. The summed E-state index contributed by atoms with van der Waals surface area (Å²) < 4.78 is 2.09. The molecule has 17 heavy (non-hydrogen) atoms. The van der Waals surface area contributed by atoms with Crippen molar-refractivity contribution in [1.82, 2.24) is 14.7 Å². The highest BCUT2D eigenvalue weighted by molar-refractivity contribution is 5.49. The van der Waals surface area contributed by atoms with Gasteiger partial charge in [0.1, 0.15) is 11.5 Å². The van der Waals surface area contributed by atoms with Gasteiger partial charge in [0.25, 0.3) is 0 Å². The molecule has 3 heterocycles. The Morgan fingerprint density at radius 2 is 2.41 bits per heavy atom. The van der Waals surface area contributed by atoms with E-state index in [0.29, 0.717) is 6.04 Å². The van der Waals surface area contributed by atoms with E-state index in [9.17, 15) is 0 Å². The van der Waals surface area contributed by atoms with Gasteiger partial charge >= 0.3 is 0 Å². The van der Waals surface area contributed by atoms with Crippen LogP contribution in [0.3, 0.4) is 0 Å². The van der Waals surface area contributed by atoms with Crippen molar-refractivity contribution in [3.05, 3.63) is 30.6 Å². The first-order chi connectivity index (χ1) is 8.43. The van der Waals surface area contributed by atoms with Crippen molar-refractivity contribution in [3.63, 3.8) is 0 Å². The summed E-state index contributed by atoms with van der Waals surface area (Å²) in [4.78, 5) is 4.28. The molecule has 2 aromatic rings. The van der Waals surface area contributed by atoms with E-state index in [-0.39, 0.29) is 0 Å². The van der Waals surface area contributed by atoms with Crippen molar-refractivity contribution in [2.75, 3.05) is 18.4 Å². The van der Waals surface area contributed by atoms with Crippen molar-refractivity contribution >= 4 is 11.5 Å². The Morgan fingerprint density at radius 3 is 3.29 bits per heavy atom. The number of imidazole rings is 1. The molecule has 0 bridgehead atoms. The molecule has 0 aromatic carbocycles. The van der Waals surface area contributed by atoms with Gasteiger partial charge in [0.2, 0.25) is 0 Å². The third kappa shape index (κ3) is 2.26. The van der Waals surface area contributed by atoms with Crippen LogP contribution in [0.4, 0.5) is 5.82 Å². The second-order valence-corrected chi connectivity index (χ2v) is 4.59. The fourth-order valence-electron chi connectivity index (χ4n) is 2.42. The first kappa shape index (κ1) is 10.6. The number of fused-ring (bicyclic) bond motifs is 1. The summed E-state index contributed by atoms with van der Waals surface area (Å²) in [7, 11) is 0. The summed E-state index contributed by atoms with van der Waals surface area (Å²) in [6.07, 6.45) is 7.75. The summed E-state index contributed by atoms with van der Waals surface area (Å²) in [6, 6.07) is 6.75. The number of nitrogens with zero attached hydrogens (tertiary/aromatic N) is 2. The number of rotatable bonds is 3. The lowest BCUT2D eigenvalue weighted by Crippen LogP contribution is -2.39. The maximum atomic E-state index is 4.28. The molecule has 2 N–H and O–H groups in total. The van der Waals surface area contributed by atoms with Crippen LogP contribution >= 0.6 is 0 Å². The number of aromatic nitrogens is 2. The predicted molar refractivity (Wildman–Crippen MR) is 69.3 cm³/mol. The molecule has 4 nitrogen and oxygen atoms in total. The van der Waals surface area contributed by atoms with Gasteiger partial charge in [-0.25, -0.2) is 4.98 Å². The Labute approximate surface area is 101 Å². The Kier molecular flexibility index (Phi) is 2.96. The highest BCUT2D eigenvalue weighted by Crippen LogP contribution is 2.12. The number of piperidine rings is 1. The van der Waals surface area contributed by atoms with Gasteiger partial charge < -0.3 is 10.6 Å². The summed E-state index contributed by atoms with van der Waals surface area (Å²) in [5.41, 5.74) is 0.992. The molecule has 1 saturated heterocycles. The van der Waals surface area contributed by atoms with Crippen molar-refractivity contribution in [1.29, 1.82) is 0 Å². The zero-order valence-electron chi connectivity index (χ0n) is 9.89. The number of pyridine rings is 1. The molecule has 0 radical (unpaired) electrons. The molecule has 3 rings (SSSR count). The van der Waals surface area contributed by atoms with Crippen LogP contribution in [0.1, 0.15) is 19.3 Å². The summed E-state index contributed by atoms with van der Waals surface area (Å²) in [6.45, 7) is 2.14. The van der Waals surface area contributed by atoms with E-state index in [1.165, 1.54) is 19.3 Å². The van der Waals surface area contributed by atoms with Gasteiger partial charge in [-0.2, -0.15) is 0 Å². The summed E-state index contributed by atoms with van der Waals surface area (Å²) >= 11 is 0. The second-order valence-electron chi connectivity index (χ2n) is 4.59. The van der Waals surface area contributed by atoms with E-state index in [2.05, 4.69) is 26.1 Å². The lowest BCUT2D eigenvalue weighted by atomic mass is 10.1. The van der Waals surface area contributed by atoms with Gasteiger partial charge in [-0.05, 0) is 31.5 Å². The van der Waals surface area contributed by atoms with E-state index in [1.807, 2.05) is 24.5 Å². The molecule has 1 aliphatic rings. The lowest BCUT2D eigenvalue weighted by molar-refractivity contribution is 0.414. The Morgan fingerprint density at radius 1 is 1.41 bits per heavy atom. The van der Waals surface area contributed by atoms with Gasteiger partial charge in [-0.1, -0.05) is 12.5 Å². The normalized spacial score (nSPS) is 20.6. The number of nitrogens with one attached hydrogen (secondary N) is 2. The molecule has 1 atom stereocenters. The van der Waals surface area contributed by atoms with Crippen molar-refractivity contribution in [2.45, 2.75) is 25.3 Å². The van der Waals surface area contributed by atoms with Crippen molar-refractivity contribution in [3.8, 4) is 0 Å². The van der Waals surface area contributed by atoms with E-state index in [0.717, 1.165) is 24.6 Å². The number of hydrogen-bond acceptors (Lipinski definition) is 3. The first-order valence-electron chi connectivity index (χ1n) is 6.33. The average molecular weight is 230 g/mol. The summed E-state index contributed by atoms with van der Waals surface area (Å²) in [5, 5.41) is 7.05. The molecular weight excluding hydrogens is 212 g/mol. The molecular formula is C13H18N4. The van der Waals surface area contributed by atoms with Crippen LogP contribution in [0.25, 0.3) is 5.65 Å². The fraction of sp³-hybridized carbons (Fsp3) is 0.462. The predicted octanol–water partition coefficient (Wildman–Crippen LogP) is 1.89. The topological polar surface area (TPSA) is 41.4 Å². The van der Waals surface area contributed by atoms with Gasteiger partial charge in [-0.3, -0.25) is 4.40 Å². The van der Waals surface area contributed by atoms with Gasteiger partial charge in [0, 0.05) is 25.0 Å². The molecule has 0 saturated carbocycles. The van der Waals surface area contributed by atoms with Crippen molar-refractivity contribution < 1.29 is 0 Å². The maximum absolute atomic E-state index is 4.28. The Balaban J connectivity index is 1.69. The third-order valence-corrected chi connectivity index (χ3v) is 3.37. The molecule has 0 spiro atoms.